The van der Waals surface area contributed by atoms with E-state index in [9.17, 15) is 0 Å². The fourth-order valence-corrected chi connectivity index (χ4v) is 2.70. The first-order valence-corrected chi connectivity index (χ1v) is 6.55. The zero-order valence-corrected chi connectivity index (χ0v) is 9.99. The van der Waals surface area contributed by atoms with Crippen LogP contribution < -0.4 is 5.73 Å². The quantitative estimate of drug-likeness (QED) is 0.772. The average Bonchev–Trinajstić information content (AvgIpc) is 2.35. The molecule has 0 radical (unpaired) electrons. The molecule has 1 aliphatic rings. The molecule has 0 spiro atoms. The Morgan fingerprint density at radius 2 is 2.25 bits per heavy atom. The molecule has 0 amide bonds. The van der Waals surface area contributed by atoms with Gasteiger partial charge >= 0.3 is 0 Å². The largest absolute Gasteiger partial charge is 0.330 e. The highest BCUT2D eigenvalue weighted by molar-refractivity contribution is 5.25. The van der Waals surface area contributed by atoms with Gasteiger partial charge in [0.15, 0.2) is 0 Å². The molecular weight excluding hydrogens is 196 g/mol. The molecule has 1 aromatic heterocycles. The summed E-state index contributed by atoms with van der Waals surface area (Å²) in [5.74, 6) is 0.711. The zero-order valence-electron chi connectivity index (χ0n) is 9.99. The molecule has 2 N–H and O–H groups in total. The minimum Gasteiger partial charge on any atom is -0.330 e. The van der Waals surface area contributed by atoms with E-state index < -0.39 is 0 Å². The van der Waals surface area contributed by atoms with E-state index in [-0.39, 0.29) is 0 Å². The van der Waals surface area contributed by atoms with Gasteiger partial charge in [0, 0.05) is 17.8 Å². The van der Waals surface area contributed by atoms with Crippen molar-refractivity contribution in [3.05, 3.63) is 29.6 Å². The standard InChI is InChI=1S/C14H22N2/c15-10-3-1-2-6-12-7-4-8-13-9-5-11-16-14(12)13/h5,9,11-12H,1-4,6-8,10,15H2/t12-/m0/s1. The molecule has 2 heteroatoms. The van der Waals surface area contributed by atoms with Crippen LogP contribution >= 0.6 is 0 Å². The Labute approximate surface area is 98.3 Å². The van der Waals surface area contributed by atoms with Crippen molar-refractivity contribution in [2.45, 2.75) is 50.9 Å². The molecule has 1 heterocycles. The van der Waals surface area contributed by atoms with Gasteiger partial charge in [0.25, 0.3) is 0 Å². The van der Waals surface area contributed by atoms with Crippen molar-refractivity contribution in [3.63, 3.8) is 0 Å². The lowest BCUT2D eigenvalue weighted by Gasteiger charge is -2.24. The van der Waals surface area contributed by atoms with Crippen LogP contribution in [-0.4, -0.2) is 11.5 Å². The van der Waals surface area contributed by atoms with Gasteiger partial charge in [-0.1, -0.05) is 18.9 Å². The molecule has 0 fully saturated rings. The number of aryl methyl sites for hydroxylation is 1. The van der Waals surface area contributed by atoms with Gasteiger partial charge in [0.1, 0.15) is 0 Å². The van der Waals surface area contributed by atoms with Gasteiger partial charge in [-0.05, 0) is 50.3 Å². The molecule has 1 atom stereocenters. The summed E-state index contributed by atoms with van der Waals surface area (Å²) in [5.41, 5.74) is 8.37. The number of fused-ring (bicyclic) bond motifs is 1. The highest BCUT2D eigenvalue weighted by Crippen LogP contribution is 2.33. The fraction of sp³-hybridized carbons (Fsp3) is 0.643. The number of pyridine rings is 1. The summed E-state index contributed by atoms with van der Waals surface area (Å²) < 4.78 is 0. The van der Waals surface area contributed by atoms with E-state index in [0.717, 1.165) is 6.54 Å². The lowest BCUT2D eigenvalue weighted by Crippen LogP contribution is -2.11. The van der Waals surface area contributed by atoms with E-state index in [4.69, 9.17) is 5.73 Å². The SMILES string of the molecule is NCCCCC[C@H]1CCCc2cccnc21. The topological polar surface area (TPSA) is 38.9 Å². The third-order valence-electron chi connectivity index (χ3n) is 3.57. The number of nitrogens with two attached hydrogens (primary N) is 1. The van der Waals surface area contributed by atoms with Crippen LogP contribution in [0.5, 0.6) is 0 Å². The van der Waals surface area contributed by atoms with Crippen LogP contribution in [-0.2, 0) is 6.42 Å². The molecule has 0 saturated heterocycles. The Kier molecular flexibility index (Phi) is 4.34. The van der Waals surface area contributed by atoms with Crippen LogP contribution in [0.4, 0.5) is 0 Å². The van der Waals surface area contributed by atoms with E-state index in [0.29, 0.717) is 5.92 Å². The van der Waals surface area contributed by atoms with Crippen molar-refractivity contribution in [2.75, 3.05) is 6.54 Å². The molecule has 16 heavy (non-hydrogen) atoms. The number of hydrogen-bond acceptors (Lipinski definition) is 2. The first-order valence-electron chi connectivity index (χ1n) is 6.55. The van der Waals surface area contributed by atoms with E-state index in [2.05, 4.69) is 17.1 Å². The number of hydrogen-bond donors (Lipinski definition) is 1. The summed E-state index contributed by atoms with van der Waals surface area (Å²) in [5, 5.41) is 0. The smallest absolute Gasteiger partial charge is 0.0466 e. The molecule has 2 nitrogen and oxygen atoms in total. The monoisotopic (exact) mass is 218 g/mol. The Balaban J connectivity index is 1.91. The van der Waals surface area contributed by atoms with Gasteiger partial charge in [-0.3, -0.25) is 4.98 Å². The van der Waals surface area contributed by atoms with Crippen molar-refractivity contribution in [2.24, 2.45) is 5.73 Å². The molecule has 2 rings (SSSR count). The molecule has 0 bridgehead atoms. The number of rotatable bonds is 5. The second kappa shape index (κ2) is 6.00. The van der Waals surface area contributed by atoms with E-state index in [1.165, 1.54) is 56.2 Å². The van der Waals surface area contributed by atoms with Crippen LogP contribution in [0.1, 0.15) is 55.7 Å². The second-order valence-electron chi connectivity index (χ2n) is 4.77. The van der Waals surface area contributed by atoms with Gasteiger partial charge in [-0.15, -0.1) is 0 Å². The predicted molar refractivity (Wildman–Crippen MR) is 67.4 cm³/mol. The van der Waals surface area contributed by atoms with E-state index in [1.807, 2.05) is 6.20 Å². The summed E-state index contributed by atoms with van der Waals surface area (Å²) in [7, 11) is 0. The zero-order chi connectivity index (χ0) is 11.2. The maximum atomic E-state index is 5.51. The average molecular weight is 218 g/mol. The first kappa shape index (κ1) is 11.6. The van der Waals surface area contributed by atoms with Crippen LogP contribution in [0.2, 0.25) is 0 Å². The molecular formula is C14H22N2. The summed E-state index contributed by atoms with van der Waals surface area (Å²) in [6.07, 6.45) is 10.9. The molecule has 0 unspecified atom stereocenters. The normalized spacial score (nSPS) is 19.4. The maximum absolute atomic E-state index is 5.51. The fourth-order valence-electron chi connectivity index (χ4n) is 2.70. The van der Waals surface area contributed by atoms with Gasteiger partial charge in [0.2, 0.25) is 0 Å². The summed E-state index contributed by atoms with van der Waals surface area (Å²) in [6, 6.07) is 4.31. The van der Waals surface area contributed by atoms with Gasteiger partial charge in [-0.2, -0.15) is 0 Å². The minimum absolute atomic E-state index is 0.711. The highest BCUT2D eigenvalue weighted by atomic mass is 14.7. The Morgan fingerprint density at radius 1 is 1.31 bits per heavy atom. The first-order chi connectivity index (χ1) is 7.92. The molecule has 0 aromatic carbocycles. The van der Waals surface area contributed by atoms with E-state index >= 15 is 0 Å². The molecule has 0 aliphatic heterocycles. The third kappa shape index (κ3) is 2.82. The van der Waals surface area contributed by atoms with Gasteiger partial charge < -0.3 is 5.73 Å². The lowest BCUT2D eigenvalue weighted by molar-refractivity contribution is 0.480. The summed E-state index contributed by atoms with van der Waals surface area (Å²) >= 11 is 0. The Morgan fingerprint density at radius 3 is 3.12 bits per heavy atom. The summed E-state index contributed by atoms with van der Waals surface area (Å²) in [4.78, 5) is 4.57. The van der Waals surface area contributed by atoms with Crippen molar-refractivity contribution in [3.8, 4) is 0 Å². The lowest BCUT2D eigenvalue weighted by atomic mass is 9.83. The minimum atomic E-state index is 0.711. The van der Waals surface area contributed by atoms with Gasteiger partial charge in [0.05, 0.1) is 0 Å². The van der Waals surface area contributed by atoms with Crippen LogP contribution in [0.25, 0.3) is 0 Å². The molecule has 0 saturated carbocycles. The Bertz CT molecular complexity index is 322. The molecule has 88 valence electrons. The van der Waals surface area contributed by atoms with Crippen LogP contribution in [0.3, 0.4) is 0 Å². The molecule has 1 aromatic rings. The summed E-state index contributed by atoms with van der Waals surface area (Å²) in [6.45, 7) is 0.833. The van der Waals surface area contributed by atoms with Crippen LogP contribution in [0.15, 0.2) is 18.3 Å². The third-order valence-corrected chi connectivity index (χ3v) is 3.57. The molecule has 1 aliphatic carbocycles. The van der Waals surface area contributed by atoms with Crippen molar-refractivity contribution in [1.29, 1.82) is 0 Å². The van der Waals surface area contributed by atoms with Crippen molar-refractivity contribution < 1.29 is 0 Å². The van der Waals surface area contributed by atoms with Crippen molar-refractivity contribution in [1.82, 2.24) is 4.98 Å². The highest BCUT2D eigenvalue weighted by Gasteiger charge is 2.20. The maximum Gasteiger partial charge on any atom is 0.0466 e. The number of unbranched alkanes of at least 4 members (excludes halogenated alkanes) is 2. The number of aromatic nitrogens is 1. The van der Waals surface area contributed by atoms with Gasteiger partial charge in [-0.25, -0.2) is 0 Å². The van der Waals surface area contributed by atoms with Crippen LogP contribution in [0, 0.1) is 0 Å². The Hall–Kier alpha value is -0.890. The second-order valence-corrected chi connectivity index (χ2v) is 4.77. The van der Waals surface area contributed by atoms with E-state index in [1.54, 1.807) is 0 Å². The number of nitrogens with zero attached hydrogens (tertiary/aromatic N) is 1. The predicted octanol–water partition coefficient (Wildman–Crippen LogP) is 3.02. The van der Waals surface area contributed by atoms with Crippen molar-refractivity contribution >= 4 is 0 Å².